The minimum atomic E-state index is -3.68. The number of hydrogen-bond donors (Lipinski definition) is 0. The lowest BCUT2D eigenvalue weighted by Gasteiger charge is -1.97. The van der Waals surface area contributed by atoms with Crippen LogP contribution in [-0.4, -0.2) is 13.6 Å². The van der Waals surface area contributed by atoms with Crippen molar-refractivity contribution in [2.75, 3.05) is 0 Å². The predicted octanol–water partition coefficient (Wildman–Crippen LogP) is 1.25. The number of hydrogen-bond acceptors (Lipinski definition) is 3. The zero-order chi connectivity index (χ0) is 10.3. The van der Waals surface area contributed by atoms with Crippen molar-refractivity contribution in [2.24, 2.45) is 4.40 Å². The number of benzene rings is 1. The van der Waals surface area contributed by atoms with Gasteiger partial charge in [0, 0.05) is 0 Å². The van der Waals surface area contributed by atoms with Gasteiger partial charge in [-0.1, -0.05) is 17.7 Å². The first-order valence-electron chi connectivity index (χ1n) is 3.60. The topological polar surface area (TPSA) is 70.3 Å². The first-order chi connectivity index (χ1) is 6.56. The molecule has 0 saturated heterocycles. The van der Waals surface area contributed by atoms with Crippen LogP contribution in [0.3, 0.4) is 0 Å². The van der Waals surface area contributed by atoms with Gasteiger partial charge in [0.1, 0.15) is 4.90 Å². The Balaban J connectivity index is 2.91. The molecule has 14 heavy (non-hydrogen) atoms. The van der Waals surface area contributed by atoms with Crippen molar-refractivity contribution < 1.29 is 8.42 Å². The molecule has 1 aliphatic heterocycles. The highest BCUT2D eigenvalue weighted by Crippen LogP contribution is 2.29. The van der Waals surface area contributed by atoms with E-state index in [0.717, 1.165) is 0 Å². The van der Waals surface area contributed by atoms with Crippen LogP contribution in [0.2, 0.25) is 0 Å². The van der Waals surface area contributed by atoms with E-state index in [1.165, 1.54) is 18.2 Å². The monoisotopic (exact) mass is 226 g/mol. The standard InChI is InChI=1S/C8H3ClN2O2S/c9-8-7-5(4-10)2-1-3-6(7)14(12,13)11-8/h1-3H. The van der Waals surface area contributed by atoms with Crippen LogP contribution in [0.4, 0.5) is 0 Å². The van der Waals surface area contributed by atoms with Crippen LogP contribution in [0.1, 0.15) is 11.1 Å². The Labute approximate surface area is 85.5 Å². The average molecular weight is 227 g/mol. The van der Waals surface area contributed by atoms with Crippen LogP contribution in [0.5, 0.6) is 0 Å². The van der Waals surface area contributed by atoms with E-state index in [9.17, 15) is 8.42 Å². The molecule has 0 spiro atoms. The van der Waals surface area contributed by atoms with Gasteiger partial charge < -0.3 is 0 Å². The Bertz CT molecular complexity index is 584. The van der Waals surface area contributed by atoms with Gasteiger partial charge in [-0.15, -0.1) is 4.40 Å². The van der Waals surface area contributed by atoms with Gasteiger partial charge in [-0.3, -0.25) is 0 Å². The van der Waals surface area contributed by atoms with E-state index in [-0.39, 0.29) is 21.2 Å². The number of rotatable bonds is 0. The summed E-state index contributed by atoms with van der Waals surface area (Å²) in [6.07, 6.45) is 0. The first kappa shape index (κ1) is 9.19. The van der Waals surface area contributed by atoms with Crippen LogP contribution < -0.4 is 0 Å². The second-order valence-electron chi connectivity index (χ2n) is 2.65. The maximum atomic E-state index is 11.4. The molecule has 6 heteroatoms. The Kier molecular flexibility index (Phi) is 1.84. The number of sulfonamides is 1. The van der Waals surface area contributed by atoms with E-state index in [4.69, 9.17) is 16.9 Å². The van der Waals surface area contributed by atoms with Crippen LogP contribution in [0, 0.1) is 11.3 Å². The molecule has 0 saturated carbocycles. The molecule has 0 amide bonds. The molecule has 0 aromatic heterocycles. The SMILES string of the molecule is N#Cc1cccc2c1C(Cl)=NS2(=O)=O. The molecule has 2 rings (SSSR count). The van der Waals surface area contributed by atoms with E-state index in [1.807, 2.05) is 6.07 Å². The summed E-state index contributed by atoms with van der Waals surface area (Å²) >= 11 is 5.63. The van der Waals surface area contributed by atoms with Gasteiger partial charge in [0.25, 0.3) is 10.0 Å². The maximum absolute atomic E-state index is 11.4. The second kappa shape index (κ2) is 2.80. The van der Waals surface area contributed by atoms with Gasteiger partial charge in [0.15, 0.2) is 5.17 Å². The molecule has 0 radical (unpaired) electrons. The van der Waals surface area contributed by atoms with Crippen molar-refractivity contribution in [3.05, 3.63) is 29.3 Å². The molecule has 1 aromatic rings. The Morgan fingerprint density at radius 2 is 2.14 bits per heavy atom. The minimum Gasteiger partial charge on any atom is -0.199 e. The summed E-state index contributed by atoms with van der Waals surface area (Å²) in [6.45, 7) is 0. The van der Waals surface area contributed by atoms with Crippen molar-refractivity contribution >= 4 is 26.8 Å². The van der Waals surface area contributed by atoms with Gasteiger partial charge in [0.2, 0.25) is 0 Å². The van der Waals surface area contributed by atoms with Gasteiger partial charge in [-0.2, -0.15) is 13.7 Å². The van der Waals surface area contributed by atoms with E-state index in [0.29, 0.717) is 0 Å². The van der Waals surface area contributed by atoms with Crippen molar-refractivity contribution in [1.29, 1.82) is 5.26 Å². The molecule has 0 unspecified atom stereocenters. The van der Waals surface area contributed by atoms with Crippen LogP contribution in [0.25, 0.3) is 0 Å². The van der Waals surface area contributed by atoms with E-state index < -0.39 is 10.0 Å². The van der Waals surface area contributed by atoms with Gasteiger partial charge in [-0.05, 0) is 12.1 Å². The van der Waals surface area contributed by atoms with E-state index in [2.05, 4.69) is 4.40 Å². The molecule has 0 atom stereocenters. The largest absolute Gasteiger partial charge is 0.284 e. The van der Waals surface area contributed by atoms with Crippen molar-refractivity contribution in [2.45, 2.75) is 4.90 Å². The molecular weight excluding hydrogens is 224 g/mol. The Morgan fingerprint density at radius 3 is 2.79 bits per heavy atom. The van der Waals surface area contributed by atoms with Crippen molar-refractivity contribution in [3.63, 3.8) is 0 Å². The highest BCUT2D eigenvalue weighted by Gasteiger charge is 2.29. The number of halogens is 1. The fourth-order valence-corrected chi connectivity index (χ4v) is 2.90. The third-order valence-electron chi connectivity index (χ3n) is 1.83. The highest BCUT2D eigenvalue weighted by atomic mass is 35.5. The fraction of sp³-hybridized carbons (Fsp3) is 0. The third kappa shape index (κ3) is 1.12. The molecule has 0 N–H and O–H groups in total. The molecular formula is C8H3ClN2O2S. The number of fused-ring (bicyclic) bond motifs is 1. The van der Waals surface area contributed by atoms with Crippen LogP contribution in [0.15, 0.2) is 27.5 Å². The minimum absolute atomic E-state index is 0.00144. The summed E-state index contributed by atoms with van der Waals surface area (Å²) in [5.41, 5.74) is 0.425. The lowest BCUT2D eigenvalue weighted by Crippen LogP contribution is -1.96. The summed E-state index contributed by atoms with van der Waals surface area (Å²) < 4.78 is 26.0. The van der Waals surface area contributed by atoms with Gasteiger partial charge >= 0.3 is 0 Å². The van der Waals surface area contributed by atoms with Gasteiger partial charge in [0.05, 0.1) is 17.2 Å². The zero-order valence-corrected chi connectivity index (χ0v) is 8.30. The number of nitriles is 1. The number of nitrogens with zero attached hydrogens (tertiary/aromatic N) is 2. The molecule has 1 aliphatic rings. The summed E-state index contributed by atoms with van der Waals surface area (Å²) in [6, 6.07) is 6.23. The molecule has 1 aromatic carbocycles. The highest BCUT2D eigenvalue weighted by molar-refractivity contribution is 7.91. The summed E-state index contributed by atoms with van der Waals surface area (Å²) in [5.74, 6) is 0. The van der Waals surface area contributed by atoms with Crippen LogP contribution in [-0.2, 0) is 10.0 Å². The van der Waals surface area contributed by atoms with E-state index in [1.54, 1.807) is 0 Å². The zero-order valence-electron chi connectivity index (χ0n) is 6.73. The Morgan fingerprint density at radius 1 is 1.43 bits per heavy atom. The normalized spacial score (nSPS) is 17.0. The van der Waals surface area contributed by atoms with Crippen molar-refractivity contribution in [3.8, 4) is 6.07 Å². The lowest BCUT2D eigenvalue weighted by atomic mass is 10.1. The molecule has 70 valence electrons. The third-order valence-corrected chi connectivity index (χ3v) is 3.52. The Hall–Kier alpha value is -1.38. The summed E-state index contributed by atoms with van der Waals surface area (Å²) in [5, 5.41) is 8.59. The maximum Gasteiger partial charge on any atom is 0.284 e. The quantitative estimate of drug-likeness (QED) is 0.668. The van der Waals surface area contributed by atoms with Gasteiger partial charge in [-0.25, -0.2) is 0 Å². The summed E-state index contributed by atoms with van der Waals surface area (Å²) in [7, 11) is -3.68. The fourth-order valence-electron chi connectivity index (χ4n) is 1.25. The molecule has 4 nitrogen and oxygen atoms in total. The van der Waals surface area contributed by atoms with Crippen molar-refractivity contribution in [1.82, 2.24) is 0 Å². The van der Waals surface area contributed by atoms with Crippen LogP contribution >= 0.6 is 11.6 Å². The van der Waals surface area contributed by atoms with E-state index >= 15 is 0 Å². The lowest BCUT2D eigenvalue weighted by molar-refractivity contribution is 0.599. The second-order valence-corrected chi connectivity index (χ2v) is 4.58. The molecule has 0 bridgehead atoms. The summed E-state index contributed by atoms with van der Waals surface area (Å²) in [4.78, 5) is 0.00144. The average Bonchev–Trinajstić information content (AvgIpc) is 2.38. The molecule has 1 heterocycles. The molecule has 0 aliphatic carbocycles. The molecule has 0 fully saturated rings. The predicted molar refractivity (Wildman–Crippen MR) is 50.7 cm³/mol. The first-order valence-corrected chi connectivity index (χ1v) is 5.42. The smallest absolute Gasteiger partial charge is 0.199 e.